The summed E-state index contributed by atoms with van der Waals surface area (Å²) in [4.78, 5) is 26.8. The Labute approximate surface area is 159 Å². The Kier molecular flexibility index (Phi) is 5.68. The van der Waals surface area contributed by atoms with E-state index in [4.69, 9.17) is 4.74 Å². The Hall–Kier alpha value is -2.56. The van der Waals surface area contributed by atoms with E-state index in [-0.39, 0.29) is 11.3 Å². The standard InChI is InChI=1S/C22H27NO4/c1-15-8-6-7-13-22(15,2)27-18-14-17(23-20(24)19(18)21(25)26)12-11-16-9-4-3-5-10-16/h3-5,9-10,14-15H,6-8,11-13H2,1-2H3,(H,23,24)(H,25,26). The Morgan fingerprint density at radius 3 is 2.67 bits per heavy atom. The van der Waals surface area contributed by atoms with Crippen LogP contribution in [0.2, 0.25) is 0 Å². The van der Waals surface area contributed by atoms with E-state index >= 15 is 0 Å². The molecule has 0 radical (unpaired) electrons. The van der Waals surface area contributed by atoms with Gasteiger partial charge in [-0.25, -0.2) is 4.79 Å². The van der Waals surface area contributed by atoms with Crippen molar-refractivity contribution in [2.24, 2.45) is 5.92 Å². The van der Waals surface area contributed by atoms with Gasteiger partial charge in [0.15, 0.2) is 5.56 Å². The number of hydrogen-bond donors (Lipinski definition) is 2. The van der Waals surface area contributed by atoms with Crippen LogP contribution in [0.15, 0.2) is 41.2 Å². The number of aromatic amines is 1. The maximum atomic E-state index is 12.4. The van der Waals surface area contributed by atoms with Gasteiger partial charge in [0.1, 0.15) is 11.4 Å². The highest BCUT2D eigenvalue weighted by Crippen LogP contribution is 2.37. The molecular weight excluding hydrogens is 342 g/mol. The Bertz CT molecular complexity index is 858. The van der Waals surface area contributed by atoms with E-state index in [9.17, 15) is 14.7 Å². The van der Waals surface area contributed by atoms with E-state index in [0.29, 0.717) is 18.0 Å². The normalized spacial score (nSPS) is 22.4. The Morgan fingerprint density at radius 1 is 1.26 bits per heavy atom. The van der Waals surface area contributed by atoms with E-state index < -0.39 is 17.1 Å². The van der Waals surface area contributed by atoms with Gasteiger partial charge < -0.3 is 14.8 Å². The highest BCUT2D eigenvalue weighted by molar-refractivity contribution is 5.90. The minimum atomic E-state index is -1.26. The molecule has 1 aromatic heterocycles. The third kappa shape index (κ3) is 4.41. The van der Waals surface area contributed by atoms with Crippen LogP contribution in [0.5, 0.6) is 5.75 Å². The van der Waals surface area contributed by atoms with Crippen molar-refractivity contribution in [1.82, 2.24) is 4.98 Å². The number of aryl methyl sites for hydroxylation is 2. The third-order valence-corrected chi connectivity index (χ3v) is 5.74. The summed E-state index contributed by atoms with van der Waals surface area (Å²) in [7, 11) is 0. The fraction of sp³-hybridized carbons (Fsp3) is 0.455. The first kappa shape index (κ1) is 19.2. The van der Waals surface area contributed by atoms with Crippen LogP contribution in [0.25, 0.3) is 0 Å². The van der Waals surface area contributed by atoms with Gasteiger partial charge in [0, 0.05) is 11.8 Å². The van der Waals surface area contributed by atoms with E-state index in [1.54, 1.807) is 6.07 Å². The number of nitrogens with one attached hydrogen (secondary N) is 1. The van der Waals surface area contributed by atoms with Crippen LogP contribution in [-0.4, -0.2) is 21.7 Å². The molecule has 1 aliphatic rings. The second-order valence-corrected chi connectivity index (χ2v) is 7.72. The van der Waals surface area contributed by atoms with Crippen molar-refractivity contribution in [3.63, 3.8) is 0 Å². The summed E-state index contributed by atoms with van der Waals surface area (Å²) in [5, 5.41) is 9.52. The van der Waals surface area contributed by atoms with Gasteiger partial charge in [-0.3, -0.25) is 4.79 Å². The molecule has 0 spiro atoms. The first-order chi connectivity index (χ1) is 12.9. The molecule has 2 unspecified atom stereocenters. The molecule has 5 nitrogen and oxygen atoms in total. The van der Waals surface area contributed by atoms with Crippen molar-refractivity contribution in [2.45, 2.75) is 58.0 Å². The maximum Gasteiger partial charge on any atom is 0.345 e. The molecule has 0 saturated heterocycles. The van der Waals surface area contributed by atoms with Gasteiger partial charge >= 0.3 is 5.97 Å². The number of hydrogen-bond acceptors (Lipinski definition) is 3. The minimum absolute atomic E-state index is 0.186. The molecule has 1 fully saturated rings. The van der Waals surface area contributed by atoms with Gasteiger partial charge in [0.2, 0.25) is 0 Å². The molecule has 0 bridgehead atoms. The van der Waals surface area contributed by atoms with E-state index in [1.165, 1.54) is 0 Å². The quantitative estimate of drug-likeness (QED) is 0.799. The number of ether oxygens (including phenoxy) is 1. The van der Waals surface area contributed by atoms with Gasteiger partial charge in [-0.15, -0.1) is 0 Å². The molecule has 5 heteroatoms. The predicted octanol–water partition coefficient (Wildman–Crippen LogP) is 4.21. The maximum absolute atomic E-state index is 12.4. The van der Waals surface area contributed by atoms with Crippen molar-refractivity contribution < 1.29 is 14.6 Å². The molecule has 144 valence electrons. The molecule has 3 rings (SSSR count). The summed E-state index contributed by atoms with van der Waals surface area (Å²) in [5.41, 5.74) is 0.493. The zero-order valence-electron chi connectivity index (χ0n) is 16.0. The molecule has 27 heavy (non-hydrogen) atoms. The summed E-state index contributed by atoms with van der Waals surface area (Å²) in [6, 6.07) is 11.7. The van der Waals surface area contributed by atoms with Crippen molar-refractivity contribution in [3.8, 4) is 5.75 Å². The van der Waals surface area contributed by atoms with Gasteiger partial charge in [0.25, 0.3) is 5.56 Å². The fourth-order valence-corrected chi connectivity index (χ4v) is 3.81. The van der Waals surface area contributed by atoms with E-state index in [0.717, 1.165) is 37.7 Å². The minimum Gasteiger partial charge on any atom is -0.486 e. The number of pyridine rings is 1. The number of rotatable bonds is 6. The SMILES string of the molecule is CC1CCCCC1(C)Oc1cc(CCc2ccccc2)[nH]c(=O)c1C(=O)O. The van der Waals surface area contributed by atoms with Crippen LogP contribution in [0, 0.1) is 5.92 Å². The first-order valence-electron chi connectivity index (χ1n) is 9.61. The molecular formula is C22H27NO4. The number of carboxylic acid groups (broad SMARTS) is 1. The van der Waals surface area contributed by atoms with E-state index in [1.807, 2.05) is 37.3 Å². The van der Waals surface area contributed by atoms with Crippen molar-refractivity contribution in [1.29, 1.82) is 0 Å². The van der Waals surface area contributed by atoms with Crippen molar-refractivity contribution in [3.05, 3.63) is 63.6 Å². The summed E-state index contributed by atoms with van der Waals surface area (Å²) in [6.07, 6.45) is 5.48. The summed E-state index contributed by atoms with van der Waals surface area (Å²) in [5.74, 6) is -0.765. The van der Waals surface area contributed by atoms with Crippen molar-refractivity contribution >= 4 is 5.97 Å². The molecule has 1 saturated carbocycles. The average Bonchev–Trinajstić information content (AvgIpc) is 2.63. The molecule has 1 heterocycles. The zero-order valence-corrected chi connectivity index (χ0v) is 16.0. The average molecular weight is 369 g/mol. The van der Waals surface area contributed by atoms with Crippen LogP contribution in [0.1, 0.15) is 61.1 Å². The smallest absolute Gasteiger partial charge is 0.345 e. The molecule has 1 aliphatic carbocycles. The van der Waals surface area contributed by atoms with Crippen molar-refractivity contribution in [2.75, 3.05) is 0 Å². The predicted molar refractivity (Wildman–Crippen MR) is 105 cm³/mol. The Balaban J connectivity index is 1.89. The van der Waals surface area contributed by atoms with Crippen LogP contribution in [-0.2, 0) is 12.8 Å². The molecule has 0 amide bonds. The second-order valence-electron chi connectivity index (χ2n) is 7.72. The number of carbonyl (C=O) groups is 1. The lowest BCUT2D eigenvalue weighted by Crippen LogP contribution is -2.42. The highest BCUT2D eigenvalue weighted by Gasteiger charge is 2.37. The van der Waals surface area contributed by atoms with Gasteiger partial charge in [-0.2, -0.15) is 0 Å². The summed E-state index contributed by atoms with van der Waals surface area (Å²) < 4.78 is 6.22. The number of aromatic nitrogens is 1. The molecule has 1 aromatic carbocycles. The Morgan fingerprint density at radius 2 is 2.00 bits per heavy atom. The van der Waals surface area contributed by atoms with E-state index in [2.05, 4.69) is 11.9 Å². The van der Waals surface area contributed by atoms with Crippen LogP contribution in [0.3, 0.4) is 0 Å². The zero-order chi connectivity index (χ0) is 19.4. The first-order valence-corrected chi connectivity index (χ1v) is 9.61. The van der Waals surface area contributed by atoms with Gasteiger partial charge in [-0.1, -0.05) is 43.7 Å². The summed E-state index contributed by atoms with van der Waals surface area (Å²) in [6.45, 7) is 4.15. The third-order valence-electron chi connectivity index (χ3n) is 5.74. The molecule has 2 aromatic rings. The summed E-state index contributed by atoms with van der Waals surface area (Å²) >= 11 is 0. The largest absolute Gasteiger partial charge is 0.486 e. The monoisotopic (exact) mass is 369 g/mol. The molecule has 2 N–H and O–H groups in total. The highest BCUT2D eigenvalue weighted by atomic mass is 16.5. The van der Waals surface area contributed by atoms with Crippen LogP contribution in [0.4, 0.5) is 0 Å². The lowest BCUT2D eigenvalue weighted by atomic mass is 9.77. The molecule has 2 atom stereocenters. The number of H-pyrrole nitrogens is 1. The fourth-order valence-electron chi connectivity index (χ4n) is 3.81. The number of benzene rings is 1. The molecule has 0 aliphatic heterocycles. The van der Waals surface area contributed by atoms with Crippen LogP contribution < -0.4 is 10.3 Å². The van der Waals surface area contributed by atoms with Gasteiger partial charge in [-0.05, 0) is 50.5 Å². The lowest BCUT2D eigenvalue weighted by molar-refractivity contribution is -0.000675. The topological polar surface area (TPSA) is 79.4 Å². The van der Waals surface area contributed by atoms with Crippen LogP contribution >= 0.6 is 0 Å². The second kappa shape index (κ2) is 7.99. The van der Waals surface area contributed by atoms with Gasteiger partial charge in [0.05, 0.1) is 0 Å². The lowest BCUT2D eigenvalue weighted by Gasteiger charge is -2.40. The number of aromatic carboxylic acids is 1. The number of carboxylic acids is 1.